The van der Waals surface area contributed by atoms with Crippen molar-refractivity contribution in [3.63, 3.8) is 0 Å². The summed E-state index contributed by atoms with van der Waals surface area (Å²) in [7, 11) is -3.79. The lowest BCUT2D eigenvalue weighted by Gasteiger charge is -2.34. The molecule has 0 aromatic heterocycles. The molecule has 3 fully saturated rings. The van der Waals surface area contributed by atoms with Crippen LogP contribution in [-0.4, -0.2) is 63.6 Å². The number of piperidine rings is 1. The number of rotatable bonds is 8. The summed E-state index contributed by atoms with van der Waals surface area (Å²) in [5.41, 5.74) is 0.131. The van der Waals surface area contributed by atoms with Crippen molar-refractivity contribution in [2.45, 2.75) is 87.6 Å². The van der Waals surface area contributed by atoms with E-state index < -0.39 is 15.9 Å². The predicted octanol–water partition coefficient (Wildman–Crippen LogP) is 3.42. The summed E-state index contributed by atoms with van der Waals surface area (Å²) in [5.74, 6) is -0.472. The zero-order valence-corrected chi connectivity index (χ0v) is 20.1. The molecule has 1 unspecified atom stereocenters. The van der Waals surface area contributed by atoms with Crippen LogP contribution in [0.15, 0.2) is 29.2 Å². The largest absolute Gasteiger partial charge is 0.375 e. The number of nitrogens with one attached hydrogen (secondary N) is 1. The SMILES string of the molecule is O=C(NCOC1CCCCO1)c1ccccc1S(=O)(=O)N1CCC(OC2CCCCC2)CC1. The van der Waals surface area contributed by atoms with E-state index in [1.54, 1.807) is 12.1 Å². The number of carbonyl (C=O) groups is 1. The molecule has 1 atom stereocenters. The van der Waals surface area contributed by atoms with Crippen LogP contribution in [0.1, 0.15) is 74.6 Å². The average Bonchev–Trinajstić information content (AvgIpc) is 2.85. The van der Waals surface area contributed by atoms with Crippen LogP contribution in [0.4, 0.5) is 0 Å². The third-order valence-electron chi connectivity index (χ3n) is 6.73. The molecule has 2 heterocycles. The lowest BCUT2D eigenvalue weighted by Crippen LogP contribution is -2.42. The lowest BCUT2D eigenvalue weighted by molar-refractivity contribution is -0.164. The van der Waals surface area contributed by atoms with Crippen LogP contribution >= 0.6 is 0 Å². The van der Waals surface area contributed by atoms with Crippen molar-refractivity contribution in [2.75, 3.05) is 26.4 Å². The summed E-state index contributed by atoms with van der Waals surface area (Å²) in [6, 6.07) is 6.36. The van der Waals surface area contributed by atoms with Crippen molar-refractivity contribution >= 4 is 15.9 Å². The summed E-state index contributed by atoms with van der Waals surface area (Å²) in [4.78, 5) is 12.8. The molecule has 9 heteroatoms. The summed E-state index contributed by atoms with van der Waals surface area (Å²) in [5, 5.41) is 2.67. The minimum absolute atomic E-state index is 0.0260. The normalized spacial score (nSPS) is 23.9. The fourth-order valence-electron chi connectivity index (χ4n) is 4.84. The van der Waals surface area contributed by atoms with Crippen molar-refractivity contribution in [3.05, 3.63) is 29.8 Å². The Bertz CT molecular complexity index is 873. The topological polar surface area (TPSA) is 94.2 Å². The van der Waals surface area contributed by atoms with Crippen LogP contribution in [0.3, 0.4) is 0 Å². The molecule has 1 saturated carbocycles. The molecule has 1 amide bonds. The van der Waals surface area contributed by atoms with Crippen molar-refractivity contribution in [1.29, 1.82) is 0 Å². The summed E-state index contributed by atoms with van der Waals surface area (Å²) in [6.07, 6.45) is 10.2. The minimum Gasteiger partial charge on any atom is -0.375 e. The molecule has 0 spiro atoms. The maximum atomic E-state index is 13.4. The van der Waals surface area contributed by atoms with E-state index in [1.807, 2.05) is 0 Å². The van der Waals surface area contributed by atoms with Crippen molar-refractivity contribution in [1.82, 2.24) is 9.62 Å². The van der Waals surface area contributed by atoms with E-state index in [9.17, 15) is 13.2 Å². The molecule has 2 saturated heterocycles. The highest BCUT2D eigenvalue weighted by Crippen LogP contribution is 2.28. The van der Waals surface area contributed by atoms with E-state index in [-0.39, 0.29) is 29.6 Å². The van der Waals surface area contributed by atoms with Gasteiger partial charge in [-0.25, -0.2) is 8.42 Å². The molecule has 1 aromatic carbocycles. The summed E-state index contributed by atoms with van der Waals surface area (Å²) >= 11 is 0. The predicted molar refractivity (Wildman–Crippen MR) is 123 cm³/mol. The number of nitrogens with zero attached hydrogens (tertiary/aromatic N) is 1. The van der Waals surface area contributed by atoms with Gasteiger partial charge in [-0.1, -0.05) is 31.4 Å². The van der Waals surface area contributed by atoms with E-state index in [0.29, 0.717) is 38.6 Å². The number of benzene rings is 1. The first kappa shape index (κ1) is 24.6. The van der Waals surface area contributed by atoms with Gasteiger partial charge in [0.25, 0.3) is 5.91 Å². The Hall–Kier alpha value is -1.52. The Labute approximate surface area is 197 Å². The molecule has 33 heavy (non-hydrogen) atoms. The quantitative estimate of drug-likeness (QED) is 0.573. The monoisotopic (exact) mass is 480 g/mol. The number of sulfonamides is 1. The molecule has 3 aliphatic rings. The molecule has 0 radical (unpaired) electrons. The second-order valence-corrected chi connectivity index (χ2v) is 11.0. The van der Waals surface area contributed by atoms with E-state index in [0.717, 1.165) is 32.1 Å². The van der Waals surface area contributed by atoms with Gasteiger partial charge in [0.15, 0.2) is 6.29 Å². The van der Waals surface area contributed by atoms with E-state index >= 15 is 0 Å². The van der Waals surface area contributed by atoms with Gasteiger partial charge in [-0.15, -0.1) is 0 Å². The average molecular weight is 481 g/mol. The molecule has 1 aromatic rings. The fraction of sp³-hybridized carbons (Fsp3) is 0.708. The van der Waals surface area contributed by atoms with Crippen LogP contribution in [-0.2, 0) is 24.2 Å². The van der Waals surface area contributed by atoms with Gasteiger partial charge in [-0.3, -0.25) is 4.79 Å². The first-order valence-corrected chi connectivity index (χ1v) is 13.7. The molecule has 184 valence electrons. The third-order valence-corrected chi connectivity index (χ3v) is 8.68. The standard InChI is InChI=1S/C24H36N2O6S/c27-24(25-18-31-23-12-6-7-17-30-23)21-10-4-5-11-22(21)33(28,29)26-15-13-20(14-16-26)32-19-8-2-1-3-9-19/h4-5,10-11,19-20,23H,1-3,6-9,12-18H2,(H,25,27). The van der Waals surface area contributed by atoms with Crippen LogP contribution in [0.5, 0.6) is 0 Å². The van der Waals surface area contributed by atoms with Gasteiger partial charge in [-0.05, 0) is 57.1 Å². The highest BCUT2D eigenvalue weighted by atomic mass is 32.2. The molecule has 1 aliphatic carbocycles. The fourth-order valence-corrected chi connectivity index (χ4v) is 6.50. The highest BCUT2D eigenvalue weighted by Gasteiger charge is 2.33. The van der Waals surface area contributed by atoms with Crippen LogP contribution in [0, 0.1) is 0 Å². The van der Waals surface area contributed by atoms with Crippen molar-refractivity contribution in [3.8, 4) is 0 Å². The Morgan fingerprint density at radius 3 is 2.39 bits per heavy atom. The molecule has 4 rings (SSSR count). The Morgan fingerprint density at radius 1 is 0.970 bits per heavy atom. The van der Waals surface area contributed by atoms with E-state index in [1.165, 1.54) is 35.7 Å². The minimum atomic E-state index is -3.79. The number of carbonyl (C=O) groups excluding carboxylic acids is 1. The first-order valence-electron chi connectivity index (χ1n) is 12.3. The van der Waals surface area contributed by atoms with Crippen LogP contribution < -0.4 is 5.32 Å². The Kier molecular flexibility index (Phi) is 8.76. The smallest absolute Gasteiger partial charge is 0.254 e. The Morgan fingerprint density at radius 2 is 1.67 bits per heavy atom. The number of hydrogen-bond acceptors (Lipinski definition) is 6. The highest BCUT2D eigenvalue weighted by molar-refractivity contribution is 7.89. The maximum absolute atomic E-state index is 13.4. The number of amides is 1. The zero-order valence-electron chi connectivity index (χ0n) is 19.2. The maximum Gasteiger partial charge on any atom is 0.254 e. The van der Waals surface area contributed by atoms with Crippen molar-refractivity contribution in [2.24, 2.45) is 0 Å². The molecule has 0 bridgehead atoms. The van der Waals surface area contributed by atoms with Gasteiger partial charge in [0, 0.05) is 19.7 Å². The van der Waals surface area contributed by atoms with Gasteiger partial charge < -0.3 is 19.5 Å². The lowest BCUT2D eigenvalue weighted by atomic mass is 9.97. The van der Waals surface area contributed by atoms with Gasteiger partial charge in [0.05, 0.1) is 22.7 Å². The number of hydrogen-bond donors (Lipinski definition) is 1. The molecular weight excluding hydrogens is 444 g/mol. The van der Waals surface area contributed by atoms with Crippen LogP contribution in [0.2, 0.25) is 0 Å². The third kappa shape index (κ3) is 6.54. The number of ether oxygens (including phenoxy) is 3. The van der Waals surface area contributed by atoms with E-state index in [4.69, 9.17) is 14.2 Å². The van der Waals surface area contributed by atoms with Gasteiger partial charge >= 0.3 is 0 Å². The molecular formula is C24H36N2O6S. The van der Waals surface area contributed by atoms with Crippen molar-refractivity contribution < 1.29 is 27.4 Å². The second-order valence-electron chi connectivity index (χ2n) is 9.11. The van der Waals surface area contributed by atoms with E-state index in [2.05, 4.69) is 5.32 Å². The van der Waals surface area contributed by atoms with Gasteiger partial charge in [0.2, 0.25) is 10.0 Å². The molecule has 1 N–H and O–H groups in total. The van der Waals surface area contributed by atoms with Crippen LogP contribution in [0.25, 0.3) is 0 Å². The summed E-state index contributed by atoms with van der Waals surface area (Å²) < 4.78 is 45.5. The van der Waals surface area contributed by atoms with Gasteiger partial charge in [-0.2, -0.15) is 4.31 Å². The summed E-state index contributed by atoms with van der Waals surface area (Å²) in [6.45, 7) is 1.43. The van der Waals surface area contributed by atoms with Gasteiger partial charge in [0.1, 0.15) is 6.73 Å². The molecule has 2 aliphatic heterocycles. The molecule has 8 nitrogen and oxygen atoms in total. The zero-order chi connectivity index (χ0) is 23.1. The second kappa shape index (κ2) is 11.8. The Balaban J connectivity index is 1.33. The first-order chi connectivity index (χ1) is 16.0.